The summed E-state index contributed by atoms with van der Waals surface area (Å²) in [7, 11) is 1.31. The molecule has 0 aliphatic carbocycles. The molecular weight excluding hydrogens is 162 g/mol. The first-order valence-electron chi connectivity index (χ1n) is 3.30. The van der Waals surface area contributed by atoms with E-state index < -0.39 is 6.03 Å². The van der Waals surface area contributed by atoms with Crippen LogP contribution in [0.25, 0.3) is 0 Å². The Labute approximate surface area is 69.8 Å². The molecule has 0 aromatic heterocycles. The quantitative estimate of drug-likeness (QED) is 0.344. The van der Waals surface area contributed by atoms with E-state index in [1.54, 1.807) is 0 Å². The van der Waals surface area contributed by atoms with Crippen LogP contribution in [-0.2, 0) is 9.53 Å². The zero-order valence-electron chi connectivity index (χ0n) is 6.74. The van der Waals surface area contributed by atoms with Gasteiger partial charge in [0, 0.05) is 6.21 Å². The summed E-state index contributed by atoms with van der Waals surface area (Å²) in [5.74, 6) is -0.319. The van der Waals surface area contributed by atoms with Gasteiger partial charge in [0.25, 0.3) is 0 Å². The van der Waals surface area contributed by atoms with Crippen LogP contribution in [0.1, 0.15) is 12.8 Å². The van der Waals surface area contributed by atoms with Crippen LogP contribution in [0.4, 0.5) is 4.79 Å². The Hall–Kier alpha value is -1.59. The van der Waals surface area contributed by atoms with Crippen LogP contribution in [-0.4, -0.2) is 25.3 Å². The van der Waals surface area contributed by atoms with Crippen molar-refractivity contribution in [3.8, 4) is 0 Å². The number of nitrogens with zero attached hydrogens (tertiary/aromatic N) is 1. The molecule has 0 bridgehead atoms. The largest absolute Gasteiger partial charge is 0.469 e. The number of amides is 2. The van der Waals surface area contributed by atoms with Gasteiger partial charge in [0.2, 0.25) is 0 Å². The number of esters is 1. The van der Waals surface area contributed by atoms with Crippen molar-refractivity contribution >= 4 is 18.2 Å². The molecule has 6 nitrogen and oxygen atoms in total. The van der Waals surface area contributed by atoms with Crippen LogP contribution in [0.2, 0.25) is 0 Å². The van der Waals surface area contributed by atoms with Gasteiger partial charge in [-0.2, -0.15) is 5.10 Å². The van der Waals surface area contributed by atoms with Crippen molar-refractivity contribution in [2.24, 2.45) is 10.8 Å². The molecule has 68 valence electrons. The van der Waals surface area contributed by atoms with Crippen molar-refractivity contribution in [3.63, 3.8) is 0 Å². The van der Waals surface area contributed by atoms with E-state index in [-0.39, 0.29) is 12.4 Å². The van der Waals surface area contributed by atoms with Gasteiger partial charge in [-0.1, -0.05) is 0 Å². The summed E-state index contributed by atoms with van der Waals surface area (Å²) in [5.41, 5.74) is 6.70. The van der Waals surface area contributed by atoms with Crippen LogP contribution in [0.5, 0.6) is 0 Å². The predicted molar refractivity (Wildman–Crippen MR) is 42.5 cm³/mol. The highest BCUT2D eigenvalue weighted by molar-refractivity contribution is 5.75. The standard InChI is InChI=1S/C6H11N3O3/c1-12-5(10)3-2-4-8-9-6(7)11/h4H,2-3H2,1H3,(H3,7,9,11)/b8-4-. The number of hydrazone groups is 1. The normalized spacial score (nSPS) is 9.75. The Balaban J connectivity index is 3.36. The Morgan fingerprint density at radius 2 is 2.33 bits per heavy atom. The Morgan fingerprint density at radius 3 is 2.83 bits per heavy atom. The van der Waals surface area contributed by atoms with Gasteiger partial charge < -0.3 is 10.5 Å². The summed E-state index contributed by atoms with van der Waals surface area (Å²) in [4.78, 5) is 20.6. The second kappa shape index (κ2) is 6.14. The van der Waals surface area contributed by atoms with Gasteiger partial charge in [0.05, 0.1) is 13.5 Å². The lowest BCUT2D eigenvalue weighted by molar-refractivity contribution is -0.140. The molecule has 0 heterocycles. The average Bonchev–Trinajstić information content (AvgIpc) is 2.03. The second-order valence-electron chi connectivity index (χ2n) is 1.90. The van der Waals surface area contributed by atoms with Crippen LogP contribution >= 0.6 is 0 Å². The molecule has 0 aliphatic rings. The monoisotopic (exact) mass is 173 g/mol. The van der Waals surface area contributed by atoms with Crippen molar-refractivity contribution in [1.82, 2.24) is 5.43 Å². The first-order valence-corrected chi connectivity index (χ1v) is 3.30. The van der Waals surface area contributed by atoms with Gasteiger partial charge in [-0.25, -0.2) is 10.2 Å². The molecule has 0 atom stereocenters. The van der Waals surface area contributed by atoms with Crippen molar-refractivity contribution in [2.45, 2.75) is 12.8 Å². The molecular formula is C6H11N3O3. The van der Waals surface area contributed by atoms with E-state index in [4.69, 9.17) is 5.73 Å². The topological polar surface area (TPSA) is 93.8 Å². The molecule has 0 unspecified atom stereocenters. The van der Waals surface area contributed by atoms with E-state index in [2.05, 4.69) is 9.84 Å². The maximum absolute atomic E-state index is 10.5. The van der Waals surface area contributed by atoms with Crippen molar-refractivity contribution in [2.75, 3.05) is 7.11 Å². The number of nitrogens with two attached hydrogens (primary N) is 1. The highest BCUT2D eigenvalue weighted by Gasteiger charge is 1.95. The summed E-state index contributed by atoms with van der Waals surface area (Å²) in [5, 5.41) is 3.42. The lowest BCUT2D eigenvalue weighted by Gasteiger charge is -1.93. The van der Waals surface area contributed by atoms with Gasteiger partial charge >= 0.3 is 12.0 Å². The number of ether oxygens (including phenoxy) is 1. The maximum Gasteiger partial charge on any atom is 0.332 e. The molecule has 0 aromatic rings. The van der Waals surface area contributed by atoms with Crippen molar-refractivity contribution in [3.05, 3.63) is 0 Å². The van der Waals surface area contributed by atoms with Crippen LogP contribution in [0, 0.1) is 0 Å². The smallest absolute Gasteiger partial charge is 0.332 e. The minimum Gasteiger partial charge on any atom is -0.469 e. The van der Waals surface area contributed by atoms with Gasteiger partial charge in [-0.3, -0.25) is 4.79 Å². The summed E-state index contributed by atoms with van der Waals surface area (Å²) in [6.07, 6.45) is 2.02. The summed E-state index contributed by atoms with van der Waals surface area (Å²) < 4.78 is 4.37. The molecule has 0 aliphatic heterocycles. The van der Waals surface area contributed by atoms with Gasteiger partial charge in [-0.15, -0.1) is 0 Å². The van der Waals surface area contributed by atoms with E-state index in [0.717, 1.165) is 0 Å². The van der Waals surface area contributed by atoms with E-state index in [9.17, 15) is 9.59 Å². The van der Waals surface area contributed by atoms with E-state index >= 15 is 0 Å². The van der Waals surface area contributed by atoms with Crippen LogP contribution in [0.3, 0.4) is 0 Å². The molecule has 6 heteroatoms. The lowest BCUT2D eigenvalue weighted by Crippen LogP contribution is -2.24. The SMILES string of the molecule is COC(=O)CC/C=N\NC(N)=O. The molecule has 0 saturated heterocycles. The van der Waals surface area contributed by atoms with Gasteiger partial charge in [-0.05, 0) is 6.42 Å². The summed E-state index contributed by atoms with van der Waals surface area (Å²) in [6, 6.07) is -0.732. The zero-order chi connectivity index (χ0) is 9.40. The number of urea groups is 1. The fourth-order valence-electron chi connectivity index (χ4n) is 0.458. The van der Waals surface area contributed by atoms with E-state index in [1.807, 2.05) is 5.43 Å². The number of nitrogens with one attached hydrogen (secondary N) is 1. The summed E-state index contributed by atoms with van der Waals surface area (Å²) >= 11 is 0. The number of carbonyl (C=O) groups is 2. The lowest BCUT2D eigenvalue weighted by atomic mass is 10.3. The molecule has 12 heavy (non-hydrogen) atoms. The Bertz CT molecular complexity index is 190. The molecule has 0 radical (unpaired) electrons. The number of methoxy groups -OCH3 is 1. The Kier molecular flexibility index (Phi) is 5.33. The number of hydrogen-bond donors (Lipinski definition) is 2. The van der Waals surface area contributed by atoms with E-state index in [0.29, 0.717) is 6.42 Å². The third kappa shape index (κ3) is 6.53. The number of rotatable bonds is 4. The minimum absolute atomic E-state index is 0.237. The van der Waals surface area contributed by atoms with Crippen molar-refractivity contribution in [1.29, 1.82) is 0 Å². The maximum atomic E-state index is 10.5. The average molecular weight is 173 g/mol. The van der Waals surface area contributed by atoms with Crippen LogP contribution in [0.15, 0.2) is 5.10 Å². The molecule has 3 N–H and O–H groups in total. The highest BCUT2D eigenvalue weighted by atomic mass is 16.5. The summed E-state index contributed by atoms with van der Waals surface area (Å²) in [6.45, 7) is 0. The fourth-order valence-corrected chi connectivity index (χ4v) is 0.458. The van der Waals surface area contributed by atoms with Crippen molar-refractivity contribution < 1.29 is 14.3 Å². The van der Waals surface area contributed by atoms with Crippen LogP contribution < -0.4 is 11.2 Å². The predicted octanol–water partition coefficient (Wildman–Crippen LogP) is -0.406. The van der Waals surface area contributed by atoms with Gasteiger partial charge in [0.1, 0.15) is 0 Å². The molecule has 0 saturated carbocycles. The Morgan fingerprint density at radius 1 is 1.67 bits per heavy atom. The molecule has 0 rings (SSSR count). The minimum atomic E-state index is -0.732. The second-order valence-corrected chi connectivity index (χ2v) is 1.90. The molecule has 0 aromatic carbocycles. The number of carbonyl (C=O) groups excluding carboxylic acids is 2. The zero-order valence-corrected chi connectivity index (χ0v) is 6.74. The number of hydrogen-bond acceptors (Lipinski definition) is 4. The molecule has 0 fully saturated rings. The first-order chi connectivity index (χ1) is 5.66. The highest BCUT2D eigenvalue weighted by Crippen LogP contribution is 1.87. The number of primary amides is 1. The first kappa shape index (κ1) is 10.4. The third-order valence-electron chi connectivity index (χ3n) is 0.971. The fraction of sp³-hybridized carbons (Fsp3) is 0.500. The van der Waals surface area contributed by atoms with Gasteiger partial charge in [0.15, 0.2) is 0 Å². The molecule has 2 amide bonds. The molecule has 0 spiro atoms. The van der Waals surface area contributed by atoms with E-state index in [1.165, 1.54) is 13.3 Å². The third-order valence-corrected chi connectivity index (χ3v) is 0.971.